The van der Waals surface area contributed by atoms with Crippen LogP contribution in [0.3, 0.4) is 0 Å². The lowest BCUT2D eigenvalue weighted by atomic mass is 10.0. The van der Waals surface area contributed by atoms with Crippen molar-refractivity contribution in [2.45, 2.75) is 13.0 Å². The van der Waals surface area contributed by atoms with Crippen molar-refractivity contribution < 1.29 is 4.79 Å². The van der Waals surface area contributed by atoms with Crippen LogP contribution in [-0.4, -0.2) is 5.91 Å². The second-order valence-corrected chi connectivity index (χ2v) is 5.49. The van der Waals surface area contributed by atoms with E-state index in [1.807, 2.05) is 31.2 Å². The van der Waals surface area contributed by atoms with E-state index in [1.54, 1.807) is 24.3 Å². The molecule has 0 heterocycles. The van der Waals surface area contributed by atoms with E-state index in [2.05, 4.69) is 29.6 Å². The lowest BCUT2D eigenvalue weighted by molar-refractivity contribution is 0.0940. The van der Waals surface area contributed by atoms with Crippen LogP contribution in [-0.2, 0) is 0 Å². The molecule has 0 bridgehead atoms. The molecule has 1 N–H and O–H groups in total. The molecule has 0 radical (unpaired) electrons. The standard InChI is InChI=1S/C20H16N2O/c1-14(17-10-9-16-6-2-3-7-18(16)12-17)22-20(23)19-8-4-5-15(11-19)13-21/h2-12,14H,1H3,(H,22,23)/t14-/m0/s1. The lowest BCUT2D eigenvalue weighted by Gasteiger charge is -2.15. The normalized spacial score (nSPS) is 11.7. The Kier molecular flexibility index (Phi) is 4.07. The molecule has 3 aromatic rings. The van der Waals surface area contributed by atoms with Gasteiger partial charge >= 0.3 is 0 Å². The Morgan fingerprint density at radius 1 is 1.00 bits per heavy atom. The van der Waals surface area contributed by atoms with E-state index in [9.17, 15) is 4.79 Å². The van der Waals surface area contributed by atoms with Gasteiger partial charge in [-0.2, -0.15) is 5.26 Å². The Bertz CT molecular complexity index is 909. The molecular formula is C20H16N2O. The molecule has 3 aromatic carbocycles. The van der Waals surface area contributed by atoms with Crippen molar-refractivity contribution in [3.8, 4) is 6.07 Å². The Labute approximate surface area is 135 Å². The number of hydrogen-bond donors (Lipinski definition) is 1. The molecule has 0 saturated carbocycles. The fraction of sp³-hybridized carbons (Fsp3) is 0.100. The van der Waals surface area contributed by atoms with Crippen molar-refractivity contribution in [1.82, 2.24) is 5.32 Å². The summed E-state index contributed by atoms with van der Waals surface area (Å²) in [5.74, 6) is -0.178. The lowest BCUT2D eigenvalue weighted by Crippen LogP contribution is -2.26. The van der Waals surface area contributed by atoms with Gasteiger partial charge < -0.3 is 5.32 Å². The summed E-state index contributed by atoms with van der Waals surface area (Å²) in [6.45, 7) is 1.95. The van der Waals surface area contributed by atoms with E-state index in [1.165, 1.54) is 5.39 Å². The highest BCUT2D eigenvalue weighted by molar-refractivity contribution is 5.94. The molecule has 23 heavy (non-hydrogen) atoms. The fourth-order valence-electron chi connectivity index (χ4n) is 2.57. The smallest absolute Gasteiger partial charge is 0.251 e. The van der Waals surface area contributed by atoms with Crippen molar-refractivity contribution in [1.29, 1.82) is 5.26 Å². The fourth-order valence-corrected chi connectivity index (χ4v) is 2.57. The summed E-state index contributed by atoms with van der Waals surface area (Å²) in [5, 5.41) is 14.2. The van der Waals surface area contributed by atoms with Gasteiger partial charge in [-0.05, 0) is 47.5 Å². The summed E-state index contributed by atoms with van der Waals surface area (Å²) in [7, 11) is 0. The largest absolute Gasteiger partial charge is 0.346 e. The molecule has 3 rings (SSSR count). The summed E-state index contributed by atoms with van der Waals surface area (Å²) in [5.41, 5.74) is 2.03. The number of carbonyl (C=O) groups excluding carboxylic acids is 1. The third-order valence-electron chi connectivity index (χ3n) is 3.87. The number of rotatable bonds is 3. The van der Waals surface area contributed by atoms with Gasteiger partial charge in [0.05, 0.1) is 17.7 Å². The average molecular weight is 300 g/mol. The molecule has 0 aromatic heterocycles. The van der Waals surface area contributed by atoms with Gasteiger partial charge in [-0.25, -0.2) is 0 Å². The van der Waals surface area contributed by atoms with Crippen LogP contribution in [0.4, 0.5) is 0 Å². The van der Waals surface area contributed by atoms with Gasteiger partial charge in [-0.3, -0.25) is 4.79 Å². The zero-order valence-electron chi connectivity index (χ0n) is 12.8. The van der Waals surface area contributed by atoms with Crippen LogP contribution >= 0.6 is 0 Å². The predicted octanol–water partition coefficient (Wildman–Crippen LogP) is 4.20. The number of carbonyl (C=O) groups is 1. The van der Waals surface area contributed by atoms with Crippen molar-refractivity contribution in [3.63, 3.8) is 0 Å². The monoisotopic (exact) mass is 300 g/mol. The zero-order valence-corrected chi connectivity index (χ0v) is 12.8. The molecule has 0 aliphatic rings. The van der Waals surface area contributed by atoms with Crippen LogP contribution in [0.5, 0.6) is 0 Å². The second-order valence-electron chi connectivity index (χ2n) is 5.49. The first-order valence-corrected chi connectivity index (χ1v) is 7.47. The first-order valence-electron chi connectivity index (χ1n) is 7.47. The third kappa shape index (κ3) is 3.22. The highest BCUT2D eigenvalue weighted by atomic mass is 16.1. The molecule has 0 aliphatic heterocycles. The summed E-state index contributed by atoms with van der Waals surface area (Å²) >= 11 is 0. The number of amides is 1. The molecule has 0 aliphatic carbocycles. The third-order valence-corrected chi connectivity index (χ3v) is 3.87. The quantitative estimate of drug-likeness (QED) is 0.788. The molecule has 3 heteroatoms. The number of hydrogen-bond acceptors (Lipinski definition) is 2. The minimum absolute atomic E-state index is 0.113. The maximum Gasteiger partial charge on any atom is 0.251 e. The summed E-state index contributed by atoms with van der Waals surface area (Å²) in [4.78, 5) is 12.3. The van der Waals surface area contributed by atoms with E-state index in [4.69, 9.17) is 5.26 Å². The van der Waals surface area contributed by atoms with Gasteiger partial charge in [0, 0.05) is 5.56 Å². The Morgan fingerprint density at radius 3 is 2.57 bits per heavy atom. The Balaban J connectivity index is 1.80. The van der Waals surface area contributed by atoms with Crippen molar-refractivity contribution >= 4 is 16.7 Å². The SMILES string of the molecule is C[C@H](NC(=O)c1cccc(C#N)c1)c1ccc2ccccc2c1. The van der Waals surface area contributed by atoms with Crippen LogP contribution in [0.15, 0.2) is 66.7 Å². The van der Waals surface area contributed by atoms with Gasteiger partial charge in [0.15, 0.2) is 0 Å². The van der Waals surface area contributed by atoms with E-state index in [-0.39, 0.29) is 11.9 Å². The van der Waals surface area contributed by atoms with E-state index < -0.39 is 0 Å². The van der Waals surface area contributed by atoms with Crippen LogP contribution in [0.2, 0.25) is 0 Å². The number of nitrogens with zero attached hydrogens (tertiary/aromatic N) is 1. The minimum Gasteiger partial charge on any atom is -0.346 e. The molecule has 0 unspecified atom stereocenters. The van der Waals surface area contributed by atoms with E-state index in [0.29, 0.717) is 11.1 Å². The van der Waals surface area contributed by atoms with Gasteiger partial charge in [0.25, 0.3) is 5.91 Å². The average Bonchev–Trinajstić information content (AvgIpc) is 2.61. The van der Waals surface area contributed by atoms with E-state index in [0.717, 1.165) is 10.9 Å². The molecule has 112 valence electrons. The van der Waals surface area contributed by atoms with Crippen molar-refractivity contribution in [2.24, 2.45) is 0 Å². The number of nitriles is 1. The van der Waals surface area contributed by atoms with Gasteiger partial charge in [-0.1, -0.05) is 42.5 Å². The predicted molar refractivity (Wildman–Crippen MR) is 91.0 cm³/mol. The van der Waals surface area contributed by atoms with Gasteiger partial charge in [0.1, 0.15) is 0 Å². The highest BCUT2D eigenvalue weighted by Gasteiger charge is 2.12. The van der Waals surface area contributed by atoms with Crippen LogP contribution in [0, 0.1) is 11.3 Å². The number of benzene rings is 3. The number of fused-ring (bicyclic) bond motifs is 1. The van der Waals surface area contributed by atoms with Crippen LogP contribution in [0.25, 0.3) is 10.8 Å². The first-order chi connectivity index (χ1) is 11.2. The maximum absolute atomic E-state index is 12.3. The Hall–Kier alpha value is -3.12. The molecule has 3 nitrogen and oxygen atoms in total. The molecule has 0 spiro atoms. The van der Waals surface area contributed by atoms with Gasteiger partial charge in [0.2, 0.25) is 0 Å². The first kappa shape index (κ1) is 14.8. The van der Waals surface area contributed by atoms with Crippen molar-refractivity contribution in [2.75, 3.05) is 0 Å². The summed E-state index contributed by atoms with van der Waals surface area (Å²) in [6.07, 6.45) is 0. The topological polar surface area (TPSA) is 52.9 Å². The Morgan fingerprint density at radius 2 is 1.78 bits per heavy atom. The van der Waals surface area contributed by atoms with Gasteiger partial charge in [-0.15, -0.1) is 0 Å². The van der Waals surface area contributed by atoms with Crippen molar-refractivity contribution in [3.05, 3.63) is 83.4 Å². The summed E-state index contributed by atoms with van der Waals surface area (Å²) in [6, 6.07) is 23.0. The zero-order chi connectivity index (χ0) is 16.2. The molecule has 0 fully saturated rings. The minimum atomic E-state index is -0.178. The second kappa shape index (κ2) is 6.33. The highest BCUT2D eigenvalue weighted by Crippen LogP contribution is 2.20. The molecule has 1 atom stereocenters. The summed E-state index contributed by atoms with van der Waals surface area (Å²) < 4.78 is 0. The number of nitrogens with one attached hydrogen (secondary N) is 1. The molecule has 0 saturated heterocycles. The molecular weight excluding hydrogens is 284 g/mol. The van der Waals surface area contributed by atoms with Crippen LogP contribution < -0.4 is 5.32 Å². The van der Waals surface area contributed by atoms with Crippen LogP contribution in [0.1, 0.15) is 34.5 Å². The maximum atomic E-state index is 12.3. The molecule has 1 amide bonds. The van der Waals surface area contributed by atoms with E-state index >= 15 is 0 Å².